The van der Waals surface area contributed by atoms with Crippen molar-refractivity contribution >= 4 is 17.9 Å². The van der Waals surface area contributed by atoms with Crippen molar-refractivity contribution in [3.05, 3.63) is 65.6 Å². The summed E-state index contributed by atoms with van der Waals surface area (Å²) >= 11 is 0. The van der Waals surface area contributed by atoms with E-state index in [0.29, 0.717) is 5.56 Å². The van der Waals surface area contributed by atoms with E-state index in [1.54, 1.807) is 0 Å². The number of anilines is 1. The molecule has 2 heterocycles. The quantitative estimate of drug-likeness (QED) is 0.791. The lowest BCUT2D eigenvalue weighted by Crippen LogP contribution is -2.26. The third-order valence-electron chi connectivity index (χ3n) is 4.14. The van der Waals surface area contributed by atoms with E-state index in [1.807, 2.05) is 18.2 Å². The second kappa shape index (κ2) is 7.90. The van der Waals surface area contributed by atoms with Crippen LogP contribution in [0.2, 0.25) is 0 Å². The van der Waals surface area contributed by atoms with Crippen molar-refractivity contribution in [3.63, 3.8) is 0 Å². The molecule has 130 valence electrons. The molecule has 1 saturated heterocycles. The van der Waals surface area contributed by atoms with E-state index in [9.17, 15) is 9.18 Å². The number of aromatic nitrogens is 1. The second-order valence-corrected chi connectivity index (χ2v) is 6.12. The van der Waals surface area contributed by atoms with Gasteiger partial charge in [-0.15, -0.1) is 0 Å². The Morgan fingerprint density at radius 2 is 2.20 bits per heavy atom. The van der Waals surface area contributed by atoms with Crippen molar-refractivity contribution in [3.8, 4) is 0 Å². The van der Waals surface area contributed by atoms with Crippen LogP contribution in [0.1, 0.15) is 17.5 Å². The third kappa shape index (κ3) is 4.87. The average molecular weight is 341 g/mol. The van der Waals surface area contributed by atoms with Gasteiger partial charge in [-0.25, -0.2) is 14.2 Å². The Bertz CT molecular complexity index is 765. The molecule has 0 bridgehead atoms. The van der Waals surface area contributed by atoms with E-state index in [4.69, 9.17) is 5.11 Å². The lowest BCUT2D eigenvalue weighted by atomic mass is 10.2. The van der Waals surface area contributed by atoms with Crippen molar-refractivity contribution < 1.29 is 14.3 Å². The molecule has 1 atom stereocenters. The summed E-state index contributed by atoms with van der Waals surface area (Å²) in [6.45, 7) is 2.66. The lowest BCUT2D eigenvalue weighted by Gasteiger charge is -2.17. The molecule has 0 spiro atoms. The zero-order valence-corrected chi connectivity index (χ0v) is 13.7. The van der Waals surface area contributed by atoms with Crippen LogP contribution < -0.4 is 5.32 Å². The molecule has 0 amide bonds. The number of carbonyl (C=O) groups is 1. The third-order valence-corrected chi connectivity index (χ3v) is 4.14. The minimum absolute atomic E-state index is 0.145. The Morgan fingerprint density at radius 3 is 2.92 bits per heavy atom. The van der Waals surface area contributed by atoms with Crippen LogP contribution >= 0.6 is 0 Å². The molecule has 1 aliphatic heterocycles. The summed E-state index contributed by atoms with van der Waals surface area (Å²) in [5.74, 6) is -1.35. The standard InChI is InChI=1S/C19H20FN3O2/c20-17-10-15(6-7-18(24)25)11-21-19(17)22-16-8-9-23(13-16)12-14-4-2-1-3-5-14/h1-7,10-11,16H,8-9,12-13H2,(H,21,22)(H,24,25)/b7-6+/t16-/m1/s1. The van der Waals surface area contributed by atoms with Crippen LogP contribution in [-0.2, 0) is 11.3 Å². The fraction of sp³-hybridized carbons (Fsp3) is 0.263. The Morgan fingerprint density at radius 1 is 1.40 bits per heavy atom. The van der Waals surface area contributed by atoms with Crippen LogP contribution in [0.5, 0.6) is 0 Å². The topological polar surface area (TPSA) is 65.5 Å². The van der Waals surface area contributed by atoms with Gasteiger partial charge >= 0.3 is 5.97 Å². The maximum Gasteiger partial charge on any atom is 0.328 e. The highest BCUT2D eigenvalue weighted by atomic mass is 19.1. The molecule has 2 aromatic rings. The Balaban J connectivity index is 1.57. The molecule has 0 saturated carbocycles. The number of likely N-dealkylation sites (tertiary alicyclic amines) is 1. The number of carboxylic acids is 1. The van der Waals surface area contributed by atoms with Gasteiger partial charge in [-0.3, -0.25) is 4.90 Å². The highest BCUT2D eigenvalue weighted by Crippen LogP contribution is 2.19. The summed E-state index contributed by atoms with van der Waals surface area (Å²) in [6.07, 6.45) is 4.66. The smallest absolute Gasteiger partial charge is 0.328 e. The van der Waals surface area contributed by atoms with Crippen molar-refractivity contribution in [1.29, 1.82) is 0 Å². The number of nitrogens with one attached hydrogen (secondary N) is 1. The van der Waals surface area contributed by atoms with Gasteiger partial charge in [-0.05, 0) is 29.7 Å². The van der Waals surface area contributed by atoms with Crippen molar-refractivity contribution in [2.45, 2.75) is 19.0 Å². The van der Waals surface area contributed by atoms with Crippen molar-refractivity contribution in [2.75, 3.05) is 18.4 Å². The largest absolute Gasteiger partial charge is 0.478 e. The molecular weight excluding hydrogens is 321 g/mol. The monoisotopic (exact) mass is 341 g/mol. The molecular formula is C19H20FN3O2. The first-order valence-corrected chi connectivity index (χ1v) is 8.19. The van der Waals surface area contributed by atoms with E-state index in [0.717, 1.165) is 32.1 Å². The van der Waals surface area contributed by atoms with E-state index in [-0.39, 0.29) is 11.9 Å². The Labute approximate surface area is 145 Å². The number of hydrogen-bond donors (Lipinski definition) is 2. The van der Waals surface area contributed by atoms with E-state index < -0.39 is 11.8 Å². The molecule has 2 N–H and O–H groups in total. The number of nitrogens with zero attached hydrogens (tertiary/aromatic N) is 2. The highest BCUT2D eigenvalue weighted by molar-refractivity contribution is 5.85. The van der Waals surface area contributed by atoms with Gasteiger partial charge in [0, 0.05) is 37.9 Å². The first-order chi connectivity index (χ1) is 12.1. The van der Waals surface area contributed by atoms with Gasteiger partial charge in [0.15, 0.2) is 11.6 Å². The van der Waals surface area contributed by atoms with E-state index in [2.05, 4.69) is 27.3 Å². The second-order valence-electron chi connectivity index (χ2n) is 6.12. The molecule has 1 fully saturated rings. The molecule has 5 nitrogen and oxygen atoms in total. The maximum absolute atomic E-state index is 14.2. The van der Waals surface area contributed by atoms with Gasteiger partial charge in [-0.1, -0.05) is 30.3 Å². The minimum atomic E-state index is -1.08. The summed E-state index contributed by atoms with van der Waals surface area (Å²) in [5.41, 5.74) is 1.68. The average Bonchev–Trinajstić information content (AvgIpc) is 3.03. The molecule has 25 heavy (non-hydrogen) atoms. The van der Waals surface area contributed by atoms with Crippen LogP contribution in [0.25, 0.3) is 6.08 Å². The summed E-state index contributed by atoms with van der Waals surface area (Å²) < 4.78 is 14.2. The number of hydrogen-bond acceptors (Lipinski definition) is 4. The van der Waals surface area contributed by atoms with Gasteiger partial charge in [0.05, 0.1) is 0 Å². The number of halogens is 1. The van der Waals surface area contributed by atoms with Gasteiger partial charge in [0.25, 0.3) is 0 Å². The summed E-state index contributed by atoms with van der Waals surface area (Å²) in [4.78, 5) is 16.9. The molecule has 0 aliphatic carbocycles. The minimum Gasteiger partial charge on any atom is -0.478 e. The van der Waals surface area contributed by atoms with Crippen LogP contribution in [0, 0.1) is 5.82 Å². The van der Waals surface area contributed by atoms with Crippen molar-refractivity contribution in [2.24, 2.45) is 0 Å². The Hall–Kier alpha value is -2.73. The molecule has 1 aromatic carbocycles. The van der Waals surface area contributed by atoms with E-state index in [1.165, 1.54) is 23.9 Å². The normalized spacial score (nSPS) is 17.9. The van der Waals surface area contributed by atoms with Crippen LogP contribution in [-0.4, -0.2) is 40.1 Å². The molecule has 1 aliphatic rings. The number of carboxylic acid groups (broad SMARTS) is 1. The molecule has 6 heteroatoms. The van der Waals surface area contributed by atoms with Gasteiger partial charge in [0.1, 0.15) is 0 Å². The van der Waals surface area contributed by atoms with Gasteiger partial charge < -0.3 is 10.4 Å². The van der Waals surface area contributed by atoms with Crippen LogP contribution in [0.15, 0.2) is 48.7 Å². The fourth-order valence-electron chi connectivity index (χ4n) is 2.95. The van der Waals surface area contributed by atoms with Crippen LogP contribution in [0.3, 0.4) is 0 Å². The van der Waals surface area contributed by atoms with Gasteiger partial charge in [-0.2, -0.15) is 0 Å². The number of benzene rings is 1. The van der Waals surface area contributed by atoms with Gasteiger partial charge in [0.2, 0.25) is 0 Å². The summed E-state index contributed by atoms with van der Waals surface area (Å²) in [6, 6.07) is 11.7. The molecule has 3 rings (SSSR count). The first kappa shape index (κ1) is 17.1. The first-order valence-electron chi connectivity index (χ1n) is 8.19. The van der Waals surface area contributed by atoms with Crippen LogP contribution in [0.4, 0.5) is 10.2 Å². The fourth-order valence-corrected chi connectivity index (χ4v) is 2.95. The lowest BCUT2D eigenvalue weighted by molar-refractivity contribution is -0.131. The molecule has 0 radical (unpaired) electrons. The number of pyridine rings is 1. The van der Waals surface area contributed by atoms with Crippen molar-refractivity contribution in [1.82, 2.24) is 9.88 Å². The van der Waals surface area contributed by atoms with E-state index >= 15 is 0 Å². The molecule has 1 aromatic heterocycles. The zero-order chi connectivity index (χ0) is 17.6. The highest BCUT2D eigenvalue weighted by Gasteiger charge is 2.23. The number of aliphatic carboxylic acids is 1. The summed E-state index contributed by atoms with van der Waals surface area (Å²) in [5, 5.41) is 11.7. The zero-order valence-electron chi connectivity index (χ0n) is 13.7. The SMILES string of the molecule is O=C(O)/C=C/c1cnc(N[C@@H]2CCN(Cc3ccccc3)C2)c(F)c1. The Kier molecular flexibility index (Phi) is 5.40. The maximum atomic E-state index is 14.2. The predicted octanol–water partition coefficient (Wildman–Crippen LogP) is 3.00. The predicted molar refractivity (Wildman–Crippen MR) is 94.6 cm³/mol. The number of rotatable bonds is 6. The summed E-state index contributed by atoms with van der Waals surface area (Å²) in [7, 11) is 0. The molecule has 0 unspecified atom stereocenters.